The molecule has 1 fully saturated rings. The van der Waals surface area contributed by atoms with Gasteiger partial charge in [0.2, 0.25) is 0 Å². The second kappa shape index (κ2) is 7.87. The van der Waals surface area contributed by atoms with E-state index in [2.05, 4.69) is 17.1 Å². The molecule has 1 saturated heterocycles. The average Bonchev–Trinajstić information content (AvgIpc) is 2.94. The van der Waals surface area contributed by atoms with Gasteiger partial charge in [-0.05, 0) is 43.5 Å². The van der Waals surface area contributed by atoms with E-state index in [0.717, 1.165) is 44.6 Å². The topological polar surface area (TPSA) is 24.5 Å². The van der Waals surface area contributed by atoms with Gasteiger partial charge in [-0.25, -0.2) is 4.39 Å². The van der Waals surface area contributed by atoms with E-state index in [1.807, 2.05) is 12.1 Å². The third kappa shape index (κ3) is 4.50. The lowest BCUT2D eigenvalue weighted by atomic mass is 10.0. The molecule has 1 aromatic carbocycles. The zero-order chi connectivity index (χ0) is 15.2. The monoisotopic (exact) mass is 294 g/mol. The Hall–Kier alpha value is -0.970. The van der Waals surface area contributed by atoms with Gasteiger partial charge in [-0.1, -0.05) is 19.1 Å². The molecule has 2 atom stereocenters. The number of hydrogen-bond donors (Lipinski definition) is 1. The smallest absolute Gasteiger partial charge is 0.126 e. The molecule has 21 heavy (non-hydrogen) atoms. The number of rotatable bonds is 7. The summed E-state index contributed by atoms with van der Waals surface area (Å²) in [4.78, 5) is 2.43. The predicted octanol–water partition coefficient (Wildman–Crippen LogP) is 2.90. The summed E-state index contributed by atoms with van der Waals surface area (Å²) in [5, 5.41) is 3.47. The molecule has 2 unspecified atom stereocenters. The van der Waals surface area contributed by atoms with Gasteiger partial charge in [-0.15, -0.1) is 0 Å². The third-order valence-corrected chi connectivity index (χ3v) is 4.35. The number of nitrogens with one attached hydrogen (secondary N) is 1. The van der Waals surface area contributed by atoms with Crippen molar-refractivity contribution in [2.75, 3.05) is 33.3 Å². The van der Waals surface area contributed by atoms with Gasteiger partial charge < -0.3 is 15.0 Å². The summed E-state index contributed by atoms with van der Waals surface area (Å²) in [6.45, 7) is 7.91. The van der Waals surface area contributed by atoms with Crippen molar-refractivity contribution in [1.82, 2.24) is 10.2 Å². The van der Waals surface area contributed by atoms with Crippen molar-refractivity contribution in [2.24, 2.45) is 0 Å². The predicted molar refractivity (Wildman–Crippen MR) is 84.0 cm³/mol. The Morgan fingerprint density at radius 2 is 2.29 bits per heavy atom. The van der Waals surface area contributed by atoms with Crippen LogP contribution in [0.3, 0.4) is 0 Å². The van der Waals surface area contributed by atoms with Gasteiger partial charge in [-0.3, -0.25) is 0 Å². The fourth-order valence-electron chi connectivity index (χ4n) is 2.96. The molecular weight excluding hydrogens is 267 g/mol. The summed E-state index contributed by atoms with van der Waals surface area (Å²) in [5.74, 6) is -0.115. The van der Waals surface area contributed by atoms with E-state index in [1.54, 1.807) is 20.1 Å². The maximum Gasteiger partial charge on any atom is 0.126 e. The Balaban J connectivity index is 1.94. The SMILES string of the molecule is CCNC(CCN1CCC(OC)C1)c1ccc(C)c(F)c1. The Morgan fingerprint density at radius 1 is 1.48 bits per heavy atom. The second-order valence-corrected chi connectivity index (χ2v) is 5.85. The summed E-state index contributed by atoms with van der Waals surface area (Å²) >= 11 is 0. The van der Waals surface area contributed by atoms with Gasteiger partial charge in [0.05, 0.1) is 6.10 Å². The first-order valence-electron chi connectivity index (χ1n) is 7.88. The van der Waals surface area contributed by atoms with Crippen LogP contribution in [0.25, 0.3) is 0 Å². The van der Waals surface area contributed by atoms with Crippen LogP contribution < -0.4 is 5.32 Å². The summed E-state index contributed by atoms with van der Waals surface area (Å²) in [6, 6.07) is 5.79. The number of nitrogens with zero attached hydrogens (tertiary/aromatic N) is 1. The van der Waals surface area contributed by atoms with E-state index in [1.165, 1.54) is 0 Å². The lowest BCUT2D eigenvalue weighted by Crippen LogP contribution is -2.29. The number of methoxy groups -OCH3 is 1. The molecule has 1 heterocycles. The minimum Gasteiger partial charge on any atom is -0.380 e. The van der Waals surface area contributed by atoms with Crippen LogP contribution in [0.4, 0.5) is 4.39 Å². The molecule has 1 aliphatic heterocycles. The molecule has 118 valence electrons. The molecule has 1 aliphatic rings. The van der Waals surface area contributed by atoms with Crippen molar-refractivity contribution in [3.63, 3.8) is 0 Å². The molecule has 0 spiro atoms. The van der Waals surface area contributed by atoms with E-state index in [9.17, 15) is 4.39 Å². The fourth-order valence-corrected chi connectivity index (χ4v) is 2.96. The van der Waals surface area contributed by atoms with E-state index in [0.29, 0.717) is 11.7 Å². The number of ether oxygens (including phenoxy) is 1. The Kier molecular flexibility index (Phi) is 6.15. The average molecular weight is 294 g/mol. The first-order chi connectivity index (χ1) is 10.1. The molecule has 2 rings (SSSR count). The quantitative estimate of drug-likeness (QED) is 0.837. The van der Waals surface area contributed by atoms with Crippen LogP contribution in [0.2, 0.25) is 0 Å². The third-order valence-electron chi connectivity index (χ3n) is 4.35. The number of hydrogen-bond acceptors (Lipinski definition) is 3. The van der Waals surface area contributed by atoms with Crippen molar-refractivity contribution in [3.05, 3.63) is 35.1 Å². The zero-order valence-electron chi connectivity index (χ0n) is 13.4. The number of likely N-dealkylation sites (tertiary alicyclic amines) is 1. The highest BCUT2D eigenvalue weighted by Crippen LogP contribution is 2.21. The van der Waals surface area contributed by atoms with Gasteiger partial charge in [0.15, 0.2) is 0 Å². The molecule has 1 N–H and O–H groups in total. The van der Waals surface area contributed by atoms with Crippen LogP contribution >= 0.6 is 0 Å². The minimum absolute atomic E-state index is 0.115. The van der Waals surface area contributed by atoms with Gasteiger partial charge in [0.1, 0.15) is 5.82 Å². The van der Waals surface area contributed by atoms with Crippen molar-refractivity contribution >= 4 is 0 Å². The first kappa shape index (κ1) is 16.4. The van der Waals surface area contributed by atoms with Crippen LogP contribution in [-0.2, 0) is 4.74 Å². The largest absolute Gasteiger partial charge is 0.380 e. The maximum absolute atomic E-state index is 13.8. The minimum atomic E-state index is -0.115. The van der Waals surface area contributed by atoms with Crippen molar-refractivity contribution in [1.29, 1.82) is 0 Å². The molecule has 0 saturated carbocycles. The lowest BCUT2D eigenvalue weighted by molar-refractivity contribution is 0.107. The second-order valence-electron chi connectivity index (χ2n) is 5.85. The Bertz CT molecular complexity index is 452. The number of aryl methyl sites for hydroxylation is 1. The normalized spacial score (nSPS) is 20.9. The van der Waals surface area contributed by atoms with Gasteiger partial charge >= 0.3 is 0 Å². The Labute approximate surface area is 127 Å². The van der Waals surface area contributed by atoms with Gasteiger partial charge in [-0.2, -0.15) is 0 Å². The molecule has 3 nitrogen and oxygen atoms in total. The lowest BCUT2D eigenvalue weighted by Gasteiger charge is -2.22. The van der Waals surface area contributed by atoms with E-state index in [4.69, 9.17) is 4.74 Å². The van der Waals surface area contributed by atoms with E-state index in [-0.39, 0.29) is 11.9 Å². The molecule has 4 heteroatoms. The molecule has 0 aromatic heterocycles. The molecular formula is C17H27FN2O. The van der Waals surface area contributed by atoms with Crippen LogP contribution in [0.5, 0.6) is 0 Å². The van der Waals surface area contributed by atoms with Crippen molar-refractivity contribution < 1.29 is 9.13 Å². The van der Waals surface area contributed by atoms with Gasteiger partial charge in [0, 0.05) is 32.8 Å². The van der Waals surface area contributed by atoms with Crippen LogP contribution in [0, 0.1) is 12.7 Å². The molecule has 1 aromatic rings. The summed E-state index contributed by atoms with van der Waals surface area (Å²) < 4.78 is 19.2. The van der Waals surface area contributed by atoms with Crippen LogP contribution in [-0.4, -0.2) is 44.3 Å². The maximum atomic E-state index is 13.8. The highest BCUT2D eigenvalue weighted by Gasteiger charge is 2.22. The van der Waals surface area contributed by atoms with Crippen LogP contribution in [0.15, 0.2) is 18.2 Å². The van der Waals surface area contributed by atoms with Crippen LogP contribution in [0.1, 0.15) is 36.9 Å². The molecule has 0 bridgehead atoms. The zero-order valence-corrected chi connectivity index (χ0v) is 13.4. The fraction of sp³-hybridized carbons (Fsp3) is 0.647. The highest BCUT2D eigenvalue weighted by molar-refractivity contribution is 5.25. The molecule has 0 amide bonds. The summed E-state index contributed by atoms with van der Waals surface area (Å²) in [7, 11) is 1.78. The van der Waals surface area contributed by atoms with E-state index >= 15 is 0 Å². The van der Waals surface area contributed by atoms with Gasteiger partial charge in [0.25, 0.3) is 0 Å². The number of benzene rings is 1. The summed E-state index contributed by atoms with van der Waals surface area (Å²) in [6.07, 6.45) is 2.48. The molecule has 0 radical (unpaired) electrons. The van der Waals surface area contributed by atoms with Crippen molar-refractivity contribution in [2.45, 2.75) is 38.8 Å². The van der Waals surface area contributed by atoms with E-state index < -0.39 is 0 Å². The summed E-state index contributed by atoms with van der Waals surface area (Å²) in [5.41, 5.74) is 1.75. The highest BCUT2D eigenvalue weighted by atomic mass is 19.1. The van der Waals surface area contributed by atoms with Crippen molar-refractivity contribution in [3.8, 4) is 0 Å². The Morgan fingerprint density at radius 3 is 2.90 bits per heavy atom. The first-order valence-corrected chi connectivity index (χ1v) is 7.88. The number of halogens is 1. The standard InChI is InChI=1S/C17H27FN2O/c1-4-19-17(14-6-5-13(2)16(18)11-14)8-10-20-9-7-15(12-20)21-3/h5-6,11,15,17,19H,4,7-10,12H2,1-3H3. The molecule has 0 aliphatic carbocycles.